The molecule has 0 atom stereocenters. The first-order chi connectivity index (χ1) is 13.7. The van der Waals surface area contributed by atoms with E-state index >= 15 is 0 Å². The first kappa shape index (κ1) is 17.9. The fourth-order valence-electron chi connectivity index (χ4n) is 2.86. The molecule has 4 nitrogen and oxygen atoms in total. The summed E-state index contributed by atoms with van der Waals surface area (Å²) in [5.41, 5.74) is 5.04. The van der Waals surface area contributed by atoms with E-state index in [1.54, 1.807) is 23.7 Å². The number of hydrogen-bond donors (Lipinski definition) is 0. The van der Waals surface area contributed by atoms with Crippen molar-refractivity contribution in [2.45, 2.75) is 6.92 Å². The SMILES string of the molecule is C=NC(=Nc1ccc(-c2cnc(-c3ccccc3)s2)cc1C)c1cccnc1. The van der Waals surface area contributed by atoms with Gasteiger partial charge in [-0.2, -0.15) is 0 Å². The van der Waals surface area contributed by atoms with Crippen LogP contribution in [0.15, 0.2) is 89.2 Å². The summed E-state index contributed by atoms with van der Waals surface area (Å²) in [6.07, 6.45) is 5.39. The summed E-state index contributed by atoms with van der Waals surface area (Å²) >= 11 is 1.69. The summed E-state index contributed by atoms with van der Waals surface area (Å²) in [5, 5.41) is 1.02. The number of thiazole rings is 1. The van der Waals surface area contributed by atoms with E-state index in [2.05, 4.69) is 50.9 Å². The Morgan fingerprint density at radius 3 is 2.54 bits per heavy atom. The molecule has 0 spiro atoms. The predicted octanol–water partition coefficient (Wildman–Crippen LogP) is 5.96. The normalized spacial score (nSPS) is 11.4. The van der Waals surface area contributed by atoms with Gasteiger partial charge in [-0.05, 0) is 49.0 Å². The molecule has 0 amide bonds. The topological polar surface area (TPSA) is 50.5 Å². The minimum Gasteiger partial charge on any atom is -0.264 e. The average molecular weight is 382 g/mol. The van der Waals surface area contributed by atoms with Crippen LogP contribution in [0.3, 0.4) is 0 Å². The van der Waals surface area contributed by atoms with Gasteiger partial charge < -0.3 is 0 Å². The molecule has 0 radical (unpaired) electrons. The Labute approximate surface area is 168 Å². The van der Waals surface area contributed by atoms with Gasteiger partial charge in [-0.1, -0.05) is 36.4 Å². The van der Waals surface area contributed by atoms with E-state index in [9.17, 15) is 0 Å². The fraction of sp³-hybridized carbons (Fsp3) is 0.0435. The number of nitrogens with zero attached hydrogens (tertiary/aromatic N) is 4. The molecule has 28 heavy (non-hydrogen) atoms. The summed E-state index contributed by atoms with van der Waals surface area (Å²) in [7, 11) is 0. The van der Waals surface area contributed by atoms with Crippen LogP contribution in [-0.4, -0.2) is 22.5 Å². The highest BCUT2D eigenvalue weighted by Gasteiger charge is 2.09. The highest BCUT2D eigenvalue weighted by molar-refractivity contribution is 7.18. The molecular weight excluding hydrogens is 364 g/mol. The monoisotopic (exact) mass is 382 g/mol. The van der Waals surface area contributed by atoms with Crippen LogP contribution >= 0.6 is 11.3 Å². The molecule has 4 aromatic rings. The second-order valence-electron chi connectivity index (χ2n) is 6.23. The molecule has 0 unspecified atom stereocenters. The van der Waals surface area contributed by atoms with Crippen molar-refractivity contribution in [3.63, 3.8) is 0 Å². The van der Waals surface area contributed by atoms with E-state index in [0.29, 0.717) is 5.84 Å². The van der Waals surface area contributed by atoms with Crippen LogP contribution in [0, 0.1) is 6.92 Å². The summed E-state index contributed by atoms with van der Waals surface area (Å²) in [5.74, 6) is 0.563. The molecule has 0 saturated carbocycles. The molecule has 0 aliphatic rings. The van der Waals surface area contributed by atoms with Gasteiger partial charge in [0.2, 0.25) is 0 Å². The highest BCUT2D eigenvalue weighted by atomic mass is 32.1. The molecule has 0 fully saturated rings. The number of benzene rings is 2. The van der Waals surface area contributed by atoms with Crippen molar-refractivity contribution in [1.82, 2.24) is 9.97 Å². The lowest BCUT2D eigenvalue weighted by Gasteiger charge is -2.05. The molecule has 2 heterocycles. The number of hydrogen-bond acceptors (Lipinski definition) is 4. The molecule has 2 aromatic carbocycles. The van der Waals surface area contributed by atoms with E-state index in [1.165, 1.54) is 0 Å². The van der Waals surface area contributed by atoms with Crippen LogP contribution in [-0.2, 0) is 0 Å². The maximum Gasteiger partial charge on any atom is 0.160 e. The van der Waals surface area contributed by atoms with E-state index in [0.717, 1.165) is 37.8 Å². The van der Waals surface area contributed by atoms with Crippen molar-refractivity contribution in [2.24, 2.45) is 9.98 Å². The predicted molar refractivity (Wildman–Crippen MR) is 118 cm³/mol. The van der Waals surface area contributed by atoms with Crippen LogP contribution in [0.2, 0.25) is 0 Å². The zero-order valence-corrected chi connectivity index (χ0v) is 16.2. The first-order valence-electron chi connectivity index (χ1n) is 8.82. The average Bonchev–Trinajstić information content (AvgIpc) is 3.24. The number of amidine groups is 1. The van der Waals surface area contributed by atoms with Gasteiger partial charge in [0.1, 0.15) is 5.01 Å². The van der Waals surface area contributed by atoms with Crippen LogP contribution in [0.4, 0.5) is 5.69 Å². The highest BCUT2D eigenvalue weighted by Crippen LogP contribution is 2.34. The van der Waals surface area contributed by atoms with Gasteiger partial charge in [0.25, 0.3) is 0 Å². The second kappa shape index (κ2) is 8.06. The van der Waals surface area contributed by atoms with E-state index in [1.807, 2.05) is 49.5 Å². The molecule has 2 aromatic heterocycles. The van der Waals surface area contributed by atoms with Crippen LogP contribution in [0.5, 0.6) is 0 Å². The third-order valence-corrected chi connectivity index (χ3v) is 5.40. The van der Waals surface area contributed by atoms with Gasteiger partial charge in [-0.25, -0.2) is 15.0 Å². The van der Waals surface area contributed by atoms with Crippen molar-refractivity contribution in [3.05, 3.63) is 90.4 Å². The minimum absolute atomic E-state index is 0.563. The Bertz CT molecular complexity index is 1130. The molecular formula is C23H18N4S. The summed E-state index contributed by atoms with van der Waals surface area (Å²) in [6.45, 7) is 5.69. The molecule has 0 saturated heterocycles. The van der Waals surface area contributed by atoms with E-state index < -0.39 is 0 Å². The molecule has 0 N–H and O–H groups in total. The van der Waals surface area contributed by atoms with E-state index in [-0.39, 0.29) is 0 Å². The van der Waals surface area contributed by atoms with Gasteiger partial charge in [0, 0.05) is 29.7 Å². The van der Waals surface area contributed by atoms with Gasteiger partial charge in [-0.15, -0.1) is 11.3 Å². The molecule has 0 aliphatic heterocycles. The Hall–Kier alpha value is -3.44. The Morgan fingerprint density at radius 2 is 1.82 bits per heavy atom. The summed E-state index contributed by atoms with van der Waals surface area (Å²) in [6, 6.07) is 20.2. The lowest BCUT2D eigenvalue weighted by Crippen LogP contribution is -1.96. The Kier molecular flexibility index (Phi) is 5.17. The van der Waals surface area contributed by atoms with Crippen molar-refractivity contribution < 1.29 is 0 Å². The lowest BCUT2D eigenvalue weighted by atomic mass is 10.1. The Balaban J connectivity index is 1.64. The number of rotatable bonds is 4. The second-order valence-corrected chi connectivity index (χ2v) is 7.26. The van der Waals surface area contributed by atoms with Crippen molar-refractivity contribution >= 4 is 29.6 Å². The number of aryl methyl sites for hydroxylation is 1. The molecule has 4 rings (SSSR count). The summed E-state index contributed by atoms with van der Waals surface area (Å²) < 4.78 is 0. The summed E-state index contributed by atoms with van der Waals surface area (Å²) in [4.78, 5) is 18.6. The molecule has 0 aliphatic carbocycles. The molecule has 136 valence electrons. The largest absolute Gasteiger partial charge is 0.264 e. The zero-order valence-electron chi connectivity index (χ0n) is 15.4. The van der Waals surface area contributed by atoms with Crippen LogP contribution in [0.1, 0.15) is 11.1 Å². The molecule has 5 heteroatoms. The first-order valence-corrected chi connectivity index (χ1v) is 9.64. The smallest absolute Gasteiger partial charge is 0.160 e. The van der Waals surface area contributed by atoms with Crippen LogP contribution in [0.25, 0.3) is 21.0 Å². The Morgan fingerprint density at radius 1 is 0.964 bits per heavy atom. The van der Waals surface area contributed by atoms with Crippen molar-refractivity contribution in [1.29, 1.82) is 0 Å². The van der Waals surface area contributed by atoms with Gasteiger partial charge in [0.15, 0.2) is 5.84 Å². The maximum atomic E-state index is 4.67. The maximum absolute atomic E-state index is 4.67. The number of aromatic nitrogens is 2. The molecule has 0 bridgehead atoms. The lowest BCUT2D eigenvalue weighted by molar-refractivity contribution is 1.30. The fourth-order valence-corrected chi connectivity index (χ4v) is 3.77. The third-order valence-electron chi connectivity index (χ3n) is 4.30. The third kappa shape index (κ3) is 3.80. The van der Waals surface area contributed by atoms with Gasteiger partial charge >= 0.3 is 0 Å². The minimum atomic E-state index is 0.563. The zero-order chi connectivity index (χ0) is 19.3. The van der Waals surface area contributed by atoms with Crippen LogP contribution < -0.4 is 0 Å². The van der Waals surface area contributed by atoms with Gasteiger partial charge in [0.05, 0.1) is 10.6 Å². The van der Waals surface area contributed by atoms with Crippen molar-refractivity contribution in [3.8, 4) is 21.0 Å². The number of aliphatic imine (C=N–C) groups is 2. The quantitative estimate of drug-likeness (QED) is 0.323. The number of pyridine rings is 1. The van der Waals surface area contributed by atoms with E-state index in [4.69, 9.17) is 0 Å². The van der Waals surface area contributed by atoms with Crippen molar-refractivity contribution in [2.75, 3.05) is 0 Å². The van der Waals surface area contributed by atoms with Gasteiger partial charge in [-0.3, -0.25) is 4.98 Å². The standard InChI is InChI=1S/C23H18N4S/c1-16-13-18(21-15-26-23(28-21)17-7-4-3-5-8-17)10-11-20(16)27-22(24-2)19-9-6-12-25-14-19/h3-15H,2H2,1H3.